The number of hydrogen-bond donors (Lipinski definition) is 3. The molecule has 3 N–H and O–H groups in total. The van der Waals surface area contributed by atoms with Crippen molar-refractivity contribution in [3.63, 3.8) is 0 Å². The zero-order chi connectivity index (χ0) is 20.8. The van der Waals surface area contributed by atoms with E-state index in [2.05, 4.69) is 27.8 Å². The van der Waals surface area contributed by atoms with Crippen LogP contribution >= 0.6 is 0 Å². The number of aromatic nitrogens is 2. The van der Waals surface area contributed by atoms with E-state index in [-0.39, 0.29) is 6.61 Å². The summed E-state index contributed by atoms with van der Waals surface area (Å²) in [6.45, 7) is 0.202. The van der Waals surface area contributed by atoms with E-state index in [4.69, 9.17) is 14.8 Å². The average Bonchev–Trinajstić information content (AvgIpc) is 2.79. The second-order valence-corrected chi connectivity index (χ2v) is 6.92. The van der Waals surface area contributed by atoms with Gasteiger partial charge >= 0.3 is 0 Å². The van der Waals surface area contributed by atoms with Crippen molar-refractivity contribution in [1.82, 2.24) is 9.97 Å². The number of aliphatic hydroxyl groups is 1. The minimum Gasteiger partial charge on any atom is -0.497 e. The Hall–Kier alpha value is -3.64. The summed E-state index contributed by atoms with van der Waals surface area (Å²) in [7, 11) is 1.65. The van der Waals surface area contributed by atoms with Crippen molar-refractivity contribution in [2.24, 2.45) is 0 Å². The van der Waals surface area contributed by atoms with Crippen LogP contribution in [0.5, 0.6) is 5.75 Å². The van der Waals surface area contributed by atoms with Crippen molar-refractivity contribution in [1.29, 1.82) is 0 Å². The summed E-state index contributed by atoms with van der Waals surface area (Å²) in [5, 5.41) is 16.6. The number of benzene rings is 3. The fraction of sp³-hybridized carbons (Fsp3) is 0.167. The Kier molecular flexibility index (Phi) is 6.06. The maximum atomic E-state index is 8.98. The van der Waals surface area contributed by atoms with Gasteiger partial charge in [-0.3, -0.25) is 0 Å². The molecule has 152 valence electrons. The fourth-order valence-corrected chi connectivity index (χ4v) is 3.23. The molecule has 0 radical (unpaired) electrons. The monoisotopic (exact) mass is 400 g/mol. The quantitative estimate of drug-likeness (QED) is 0.384. The Balaban J connectivity index is 1.62. The summed E-state index contributed by atoms with van der Waals surface area (Å²) in [6.07, 6.45) is 1.62. The molecule has 0 fully saturated rings. The van der Waals surface area contributed by atoms with Crippen LogP contribution < -0.4 is 15.4 Å². The molecular weight excluding hydrogens is 376 g/mol. The summed E-state index contributed by atoms with van der Waals surface area (Å²) in [4.78, 5) is 9.37. The van der Waals surface area contributed by atoms with Crippen LogP contribution in [0.25, 0.3) is 10.9 Å². The van der Waals surface area contributed by atoms with Gasteiger partial charge in [-0.2, -0.15) is 4.98 Å². The van der Waals surface area contributed by atoms with Crippen LogP contribution in [0.3, 0.4) is 0 Å². The molecule has 0 atom stereocenters. The third kappa shape index (κ3) is 4.67. The van der Waals surface area contributed by atoms with Crippen molar-refractivity contribution < 1.29 is 9.84 Å². The highest BCUT2D eigenvalue weighted by Gasteiger charge is 2.09. The van der Waals surface area contributed by atoms with Gasteiger partial charge in [-0.1, -0.05) is 30.3 Å². The topological polar surface area (TPSA) is 79.3 Å². The fourth-order valence-electron chi connectivity index (χ4n) is 3.23. The highest BCUT2D eigenvalue weighted by atomic mass is 16.5. The Morgan fingerprint density at radius 2 is 1.70 bits per heavy atom. The number of aliphatic hydroxyl groups excluding tert-OH is 1. The van der Waals surface area contributed by atoms with Gasteiger partial charge in [0.15, 0.2) is 0 Å². The molecule has 3 aromatic carbocycles. The predicted octanol–water partition coefficient (Wildman–Crippen LogP) is 5.05. The van der Waals surface area contributed by atoms with E-state index in [0.29, 0.717) is 5.95 Å². The molecular formula is C24H24N4O2. The van der Waals surface area contributed by atoms with Gasteiger partial charge in [0.2, 0.25) is 5.95 Å². The summed E-state index contributed by atoms with van der Waals surface area (Å²) in [5.41, 5.74) is 3.83. The first-order valence-electron chi connectivity index (χ1n) is 9.90. The number of nitrogens with zero attached hydrogens (tertiary/aromatic N) is 2. The summed E-state index contributed by atoms with van der Waals surface area (Å²) >= 11 is 0. The normalized spacial score (nSPS) is 10.7. The first-order chi connectivity index (χ1) is 14.7. The van der Waals surface area contributed by atoms with Gasteiger partial charge in [-0.15, -0.1) is 0 Å². The number of nitrogens with one attached hydrogen (secondary N) is 2. The number of methoxy groups -OCH3 is 1. The molecule has 4 rings (SSSR count). The zero-order valence-electron chi connectivity index (χ0n) is 16.8. The lowest BCUT2D eigenvalue weighted by Crippen LogP contribution is -2.02. The van der Waals surface area contributed by atoms with Crippen LogP contribution in [-0.4, -0.2) is 28.8 Å². The number of ether oxygens (including phenoxy) is 1. The van der Waals surface area contributed by atoms with E-state index >= 15 is 0 Å². The van der Waals surface area contributed by atoms with Crippen molar-refractivity contribution >= 4 is 34.0 Å². The molecule has 0 bridgehead atoms. The van der Waals surface area contributed by atoms with Gasteiger partial charge in [0.25, 0.3) is 0 Å². The lowest BCUT2D eigenvalue weighted by atomic mass is 10.1. The van der Waals surface area contributed by atoms with E-state index in [1.165, 1.54) is 5.56 Å². The lowest BCUT2D eigenvalue weighted by molar-refractivity contribution is 0.288. The molecule has 0 aliphatic carbocycles. The zero-order valence-corrected chi connectivity index (χ0v) is 16.8. The Morgan fingerprint density at radius 1 is 0.867 bits per heavy atom. The molecule has 0 amide bonds. The van der Waals surface area contributed by atoms with Crippen LogP contribution in [0.4, 0.5) is 23.1 Å². The van der Waals surface area contributed by atoms with Crippen LogP contribution in [0.1, 0.15) is 12.0 Å². The summed E-state index contributed by atoms with van der Waals surface area (Å²) in [5.74, 6) is 2.01. The third-order valence-corrected chi connectivity index (χ3v) is 4.77. The molecule has 1 aromatic heterocycles. The first-order valence-corrected chi connectivity index (χ1v) is 9.90. The average molecular weight is 400 g/mol. The third-order valence-electron chi connectivity index (χ3n) is 4.77. The van der Waals surface area contributed by atoms with E-state index in [9.17, 15) is 0 Å². The highest BCUT2D eigenvalue weighted by molar-refractivity contribution is 5.92. The highest BCUT2D eigenvalue weighted by Crippen LogP contribution is 2.27. The van der Waals surface area contributed by atoms with E-state index < -0.39 is 0 Å². The van der Waals surface area contributed by atoms with Gasteiger partial charge in [0, 0.05) is 29.4 Å². The molecule has 0 saturated carbocycles. The minimum absolute atomic E-state index is 0.202. The molecule has 0 saturated heterocycles. The maximum absolute atomic E-state index is 8.98. The number of aryl methyl sites for hydroxylation is 1. The SMILES string of the molecule is COc1cccc(Nc2nc(Nc3ccc(CCCO)cc3)nc3ccccc23)c1. The van der Waals surface area contributed by atoms with Crippen LogP contribution in [0, 0.1) is 0 Å². The van der Waals surface area contributed by atoms with Gasteiger partial charge in [-0.05, 0) is 54.8 Å². The van der Waals surface area contributed by atoms with Crippen LogP contribution in [0.15, 0.2) is 72.8 Å². The number of hydrogen-bond acceptors (Lipinski definition) is 6. The lowest BCUT2D eigenvalue weighted by Gasteiger charge is -2.13. The molecule has 0 unspecified atom stereocenters. The molecule has 0 aliphatic heterocycles. The number of rotatable bonds is 8. The van der Waals surface area contributed by atoms with E-state index in [1.54, 1.807) is 7.11 Å². The van der Waals surface area contributed by atoms with E-state index in [1.807, 2.05) is 60.7 Å². The smallest absolute Gasteiger partial charge is 0.229 e. The molecule has 0 aliphatic rings. The van der Waals surface area contributed by atoms with Crippen LogP contribution in [-0.2, 0) is 6.42 Å². The number of fused-ring (bicyclic) bond motifs is 1. The predicted molar refractivity (Wildman–Crippen MR) is 121 cm³/mol. The molecule has 30 heavy (non-hydrogen) atoms. The molecule has 6 heteroatoms. The largest absolute Gasteiger partial charge is 0.497 e. The van der Waals surface area contributed by atoms with Crippen LogP contribution in [0.2, 0.25) is 0 Å². The number of anilines is 4. The Bertz CT molecular complexity index is 1130. The molecule has 4 aromatic rings. The molecule has 0 spiro atoms. The molecule has 1 heterocycles. The van der Waals surface area contributed by atoms with Gasteiger partial charge in [0.05, 0.1) is 12.6 Å². The minimum atomic E-state index is 0.202. The second kappa shape index (κ2) is 9.24. The first kappa shape index (κ1) is 19.7. The van der Waals surface area contributed by atoms with Crippen molar-refractivity contribution in [2.45, 2.75) is 12.8 Å². The van der Waals surface area contributed by atoms with Crippen molar-refractivity contribution in [2.75, 3.05) is 24.4 Å². The van der Waals surface area contributed by atoms with Gasteiger partial charge in [-0.25, -0.2) is 4.98 Å². The summed E-state index contributed by atoms with van der Waals surface area (Å²) in [6, 6.07) is 23.7. The van der Waals surface area contributed by atoms with E-state index in [0.717, 1.165) is 46.7 Å². The number of para-hydroxylation sites is 1. The Morgan fingerprint density at radius 3 is 2.50 bits per heavy atom. The van der Waals surface area contributed by atoms with Crippen molar-refractivity contribution in [3.8, 4) is 5.75 Å². The standard InChI is InChI=1S/C24H24N4O2/c1-30-20-8-4-7-19(16-20)25-23-21-9-2-3-10-22(21)27-24(28-23)26-18-13-11-17(12-14-18)6-5-15-29/h2-4,7-14,16,29H,5-6,15H2,1H3,(H2,25,26,27,28). The van der Waals surface area contributed by atoms with Crippen molar-refractivity contribution in [3.05, 3.63) is 78.4 Å². The van der Waals surface area contributed by atoms with Gasteiger partial charge in [0.1, 0.15) is 11.6 Å². The summed E-state index contributed by atoms with van der Waals surface area (Å²) < 4.78 is 5.32. The Labute approximate surface area is 175 Å². The maximum Gasteiger partial charge on any atom is 0.229 e. The second-order valence-electron chi connectivity index (χ2n) is 6.92. The molecule has 6 nitrogen and oxygen atoms in total. The van der Waals surface area contributed by atoms with Gasteiger partial charge < -0.3 is 20.5 Å².